The Morgan fingerprint density at radius 2 is 2.00 bits per heavy atom. The summed E-state index contributed by atoms with van der Waals surface area (Å²) in [6, 6.07) is 10.7. The molecule has 7 nitrogen and oxygen atoms in total. The summed E-state index contributed by atoms with van der Waals surface area (Å²) in [6.45, 7) is -0.184. The van der Waals surface area contributed by atoms with Gasteiger partial charge in [0.25, 0.3) is 0 Å². The van der Waals surface area contributed by atoms with Crippen LogP contribution in [0, 0.1) is 0 Å². The van der Waals surface area contributed by atoms with Crippen LogP contribution in [0.3, 0.4) is 0 Å². The molecule has 0 radical (unpaired) electrons. The number of fused-ring (bicyclic) bond motifs is 1. The third kappa shape index (κ3) is 4.18. The number of carbonyl (C=O) groups is 1. The highest BCUT2D eigenvalue weighted by atomic mass is 35.5. The van der Waals surface area contributed by atoms with E-state index in [9.17, 15) is 13.2 Å². The minimum atomic E-state index is -3.78. The first-order valence-electron chi connectivity index (χ1n) is 8.15. The van der Waals surface area contributed by atoms with E-state index in [1.807, 2.05) is 0 Å². The van der Waals surface area contributed by atoms with Gasteiger partial charge in [-0.1, -0.05) is 17.7 Å². The van der Waals surface area contributed by atoms with Crippen LogP contribution in [0.1, 0.15) is 17.9 Å². The largest absolute Gasteiger partial charge is 0.493 e. The van der Waals surface area contributed by atoms with Crippen molar-refractivity contribution in [3.8, 4) is 11.5 Å². The van der Waals surface area contributed by atoms with Crippen LogP contribution in [-0.4, -0.2) is 38.1 Å². The molecular formula is C18H18ClNO6S. The highest BCUT2D eigenvalue weighted by Crippen LogP contribution is 2.39. The molecule has 3 N–H and O–H groups in total. The van der Waals surface area contributed by atoms with Crippen molar-refractivity contribution in [3.63, 3.8) is 0 Å². The molecule has 1 aliphatic heterocycles. The molecule has 0 bridgehead atoms. The third-order valence-electron chi connectivity index (χ3n) is 4.33. The summed E-state index contributed by atoms with van der Waals surface area (Å²) in [6.07, 6.45) is 0.441. The summed E-state index contributed by atoms with van der Waals surface area (Å²) in [7, 11) is -3.78. The SMILES string of the molecule is NC(C1CCOc2cc(OCC(=O)O)ccc21)S(=O)(=O)c1ccc(Cl)cc1. The van der Waals surface area contributed by atoms with Gasteiger partial charge in [-0.15, -0.1) is 0 Å². The Balaban J connectivity index is 1.88. The smallest absolute Gasteiger partial charge is 0.341 e. The third-order valence-corrected chi connectivity index (χ3v) is 6.56. The standard InChI is InChI=1S/C18H18ClNO6S/c19-11-1-4-13(5-2-11)27(23,24)18(20)15-7-8-25-16-9-12(3-6-14(15)16)26-10-17(21)22/h1-6,9,15,18H,7-8,10,20H2,(H,21,22). The Morgan fingerprint density at radius 1 is 1.30 bits per heavy atom. The van der Waals surface area contributed by atoms with Crippen molar-refractivity contribution in [2.75, 3.05) is 13.2 Å². The number of aliphatic carboxylic acids is 1. The Hall–Kier alpha value is -2.29. The maximum Gasteiger partial charge on any atom is 0.341 e. The lowest BCUT2D eigenvalue weighted by Crippen LogP contribution is -2.39. The molecule has 3 rings (SSSR count). The Labute approximate surface area is 161 Å². The van der Waals surface area contributed by atoms with Crippen LogP contribution < -0.4 is 15.2 Å². The van der Waals surface area contributed by atoms with Crippen molar-refractivity contribution in [3.05, 3.63) is 53.1 Å². The van der Waals surface area contributed by atoms with Crippen molar-refractivity contribution in [2.24, 2.45) is 5.73 Å². The number of nitrogens with two attached hydrogens (primary N) is 1. The number of carboxylic acid groups (broad SMARTS) is 1. The number of hydrogen-bond donors (Lipinski definition) is 2. The van der Waals surface area contributed by atoms with E-state index >= 15 is 0 Å². The van der Waals surface area contributed by atoms with E-state index in [0.717, 1.165) is 0 Å². The molecule has 9 heteroatoms. The molecule has 2 atom stereocenters. The van der Waals surface area contributed by atoms with Crippen LogP contribution >= 0.6 is 11.6 Å². The fraction of sp³-hybridized carbons (Fsp3) is 0.278. The number of hydrogen-bond acceptors (Lipinski definition) is 6. The van der Waals surface area contributed by atoms with Crippen molar-refractivity contribution in [1.82, 2.24) is 0 Å². The van der Waals surface area contributed by atoms with Crippen LogP contribution in [-0.2, 0) is 14.6 Å². The summed E-state index contributed by atoms with van der Waals surface area (Å²) in [4.78, 5) is 10.7. The first-order chi connectivity index (χ1) is 12.8. The van der Waals surface area contributed by atoms with Gasteiger partial charge in [0.15, 0.2) is 16.4 Å². The molecule has 2 aromatic rings. The monoisotopic (exact) mass is 411 g/mol. The molecule has 0 amide bonds. The maximum atomic E-state index is 12.9. The number of sulfone groups is 1. The van der Waals surface area contributed by atoms with Crippen LogP contribution in [0.5, 0.6) is 11.5 Å². The Morgan fingerprint density at radius 3 is 2.67 bits per heavy atom. The lowest BCUT2D eigenvalue weighted by molar-refractivity contribution is -0.139. The van der Waals surface area contributed by atoms with E-state index in [1.54, 1.807) is 18.2 Å². The number of carboxylic acids is 1. The molecule has 2 unspecified atom stereocenters. The second-order valence-corrected chi connectivity index (χ2v) is 8.63. The van der Waals surface area contributed by atoms with Gasteiger partial charge in [-0.05, 0) is 36.8 Å². The summed E-state index contributed by atoms with van der Waals surface area (Å²) >= 11 is 5.83. The van der Waals surface area contributed by atoms with Gasteiger partial charge in [0.05, 0.1) is 11.5 Å². The second-order valence-electron chi connectivity index (χ2n) is 6.09. The second kappa shape index (κ2) is 7.75. The van der Waals surface area contributed by atoms with Crippen LogP contribution in [0.2, 0.25) is 5.02 Å². The molecule has 1 heterocycles. The zero-order valence-electron chi connectivity index (χ0n) is 14.2. The van der Waals surface area contributed by atoms with Gasteiger partial charge in [0.1, 0.15) is 16.9 Å². The van der Waals surface area contributed by atoms with E-state index in [0.29, 0.717) is 35.1 Å². The van der Waals surface area contributed by atoms with Gasteiger partial charge in [0.2, 0.25) is 0 Å². The first-order valence-corrected chi connectivity index (χ1v) is 10.1. The highest BCUT2D eigenvalue weighted by molar-refractivity contribution is 7.92. The van der Waals surface area contributed by atoms with E-state index in [-0.39, 0.29) is 4.90 Å². The highest BCUT2D eigenvalue weighted by Gasteiger charge is 2.36. The molecule has 144 valence electrons. The molecule has 0 spiro atoms. The molecule has 27 heavy (non-hydrogen) atoms. The van der Waals surface area contributed by atoms with Crippen LogP contribution in [0.15, 0.2) is 47.4 Å². The van der Waals surface area contributed by atoms with Crippen LogP contribution in [0.25, 0.3) is 0 Å². The van der Waals surface area contributed by atoms with Crippen LogP contribution in [0.4, 0.5) is 0 Å². The average Bonchev–Trinajstić information content (AvgIpc) is 2.65. The van der Waals surface area contributed by atoms with Crippen molar-refractivity contribution < 1.29 is 27.8 Å². The molecule has 0 aromatic heterocycles. The molecule has 0 saturated heterocycles. The molecular weight excluding hydrogens is 394 g/mol. The Kier molecular flexibility index (Phi) is 5.59. The number of halogens is 1. The lowest BCUT2D eigenvalue weighted by atomic mass is 9.93. The van der Waals surface area contributed by atoms with Crippen molar-refractivity contribution >= 4 is 27.4 Å². The van der Waals surface area contributed by atoms with Crippen molar-refractivity contribution in [2.45, 2.75) is 22.6 Å². The predicted molar refractivity (Wildman–Crippen MR) is 99.0 cm³/mol. The Bertz CT molecular complexity index is 945. The fourth-order valence-electron chi connectivity index (χ4n) is 2.97. The van der Waals surface area contributed by atoms with Gasteiger partial charge in [-0.25, -0.2) is 13.2 Å². The van der Waals surface area contributed by atoms with Crippen molar-refractivity contribution in [1.29, 1.82) is 0 Å². The van der Waals surface area contributed by atoms with E-state index in [4.69, 9.17) is 31.9 Å². The van der Waals surface area contributed by atoms with Gasteiger partial charge in [-0.3, -0.25) is 0 Å². The van der Waals surface area contributed by atoms with Gasteiger partial charge >= 0.3 is 5.97 Å². The van der Waals surface area contributed by atoms with E-state index < -0.39 is 33.7 Å². The minimum Gasteiger partial charge on any atom is -0.493 e. The molecule has 0 fully saturated rings. The normalized spacial score (nSPS) is 17.5. The fourth-order valence-corrected chi connectivity index (χ4v) is 4.64. The van der Waals surface area contributed by atoms with E-state index in [2.05, 4.69) is 0 Å². The van der Waals surface area contributed by atoms with Gasteiger partial charge in [0, 0.05) is 22.6 Å². The first kappa shape index (κ1) is 19.5. The molecule has 0 saturated carbocycles. The minimum absolute atomic E-state index is 0.105. The van der Waals surface area contributed by atoms with Gasteiger partial charge in [-0.2, -0.15) is 0 Å². The molecule has 2 aromatic carbocycles. The summed E-state index contributed by atoms with van der Waals surface area (Å²) in [5.41, 5.74) is 6.81. The summed E-state index contributed by atoms with van der Waals surface area (Å²) < 4.78 is 36.5. The molecule has 0 aliphatic carbocycles. The number of ether oxygens (including phenoxy) is 2. The topological polar surface area (TPSA) is 116 Å². The zero-order valence-corrected chi connectivity index (χ0v) is 15.7. The summed E-state index contributed by atoms with van der Waals surface area (Å²) in [5.74, 6) is -0.799. The van der Waals surface area contributed by atoms with Gasteiger partial charge < -0.3 is 20.3 Å². The number of rotatable bonds is 6. The van der Waals surface area contributed by atoms with E-state index in [1.165, 1.54) is 24.3 Å². The lowest BCUT2D eigenvalue weighted by Gasteiger charge is -2.30. The number of benzene rings is 2. The summed E-state index contributed by atoms with van der Waals surface area (Å²) in [5, 5.41) is 7.97. The predicted octanol–water partition coefficient (Wildman–Crippen LogP) is 2.43. The quantitative estimate of drug-likeness (QED) is 0.749. The maximum absolute atomic E-state index is 12.9. The molecule has 1 aliphatic rings. The average molecular weight is 412 g/mol. The zero-order chi connectivity index (χ0) is 19.6.